The van der Waals surface area contributed by atoms with Gasteiger partial charge in [0.2, 0.25) is 5.76 Å². The highest BCUT2D eigenvalue weighted by molar-refractivity contribution is 6.32. The Morgan fingerprint density at radius 3 is 2.38 bits per heavy atom. The number of ether oxygens (including phenoxy) is 2. The minimum Gasteiger partial charge on any atom is -0.497 e. The lowest BCUT2D eigenvalue weighted by Gasteiger charge is -2.25. The molecule has 0 saturated heterocycles. The van der Waals surface area contributed by atoms with Crippen molar-refractivity contribution in [1.82, 2.24) is 4.90 Å². The van der Waals surface area contributed by atoms with Gasteiger partial charge in [-0.05, 0) is 66.4 Å². The normalized spacial score (nSPS) is 14.8. The number of rotatable bonds is 8. The summed E-state index contributed by atoms with van der Waals surface area (Å²) in [6.07, 6.45) is 2.02. The zero-order valence-corrected chi connectivity index (χ0v) is 21.8. The van der Waals surface area contributed by atoms with Crippen molar-refractivity contribution in [2.45, 2.75) is 39.3 Å². The van der Waals surface area contributed by atoms with Crippen LogP contribution in [0.5, 0.6) is 11.5 Å². The molecule has 1 aromatic heterocycles. The average molecular weight is 518 g/mol. The molecular formula is C30H28ClNO5. The monoisotopic (exact) mass is 517 g/mol. The van der Waals surface area contributed by atoms with Gasteiger partial charge in [0.1, 0.15) is 17.1 Å². The number of unbranched alkanes of at least 4 members (excludes halogenated alkanes) is 1. The van der Waals surface area contributed by atoms with Gasteiger partial charge >= 0.3 is 0 Å². The van der Waals surface area contributed by atoms with Gasteiger partial charge in [-0.3, -0.25) is 9.59 Å². The molecule has 1 unspecified atom stereocenters. The zero-order valence-electron chi connectivity index (χ0n) is 21.0. The van der Waals surface area contributed by atoms with Crippen LogP contribution in [-0.2, 0) is 6.54 Å². The van der Waals surface area contributed by atoms with Crippen molar-refractivity contribution in [2.75, 3.05) is 13.7 Å². The van der Waals surface area contributed by atoms with Crippen molar-refractivity contribution in [3.63, 3.8) is 0 Å². The fourth-order valence-corrected chi connectivity index (χ4v) is 4.82. The molecule has 1 amide bonds. The van der Waals surface area contributed by atoms with Crippen LogP contribution in [0, 0.1) is 6.92 Å². The SMILES string of the molecule is CCCCOc1ccc(C2c3c(oc4cc(C)c(Cl)cc4c3=O)C(=O)N2Cc2ccc(OC)cc2)cc1. The number of carbonyl (C=O) groups is 1. The van der Waals surface area contributed by atoms with E-state index in [1.807, 2.05) is 55.5 Å². The Morgan fingerprint density at radius 1 is 1.00 bits per heavy atom. The van der Waals surface area contributed by atoms with Crippen LogP contribution in [0.1, 0.15) is 58.6 Å². The van der Waals surface area contributed by atoms with Crippen LogP contribution in [-0.4, -0.2) is 24.5 Å². The number of amides is 1. The summed E-state index contributed by atoms with van der Waals surface area (Å²) in [5, 5.41) is 0.835. The van der Waals surface area contributed by atoms with Crippen LogP contribution in [0.3, 0.4) is 0 Å². The molecule has 7 heteroatoms. The number of halogens is 1. The molecule has 0 radical (unpaired) electrons. The smallest absolute Gasteiger partial charge is 0.291 e. The summed E-state index contributed by atoms with van der Waals surface area (Å²) in [5.41, 5.74) is 2.90. The van der Waals surface area contributed by atoms with Crippen molar-refractivity contribution in [1.29, 1.82) is 0 Å². The molecule has 0 spiro atoms. The number of hydrogen-bond donors (Lipinski definition) is 0. The predicted octanol–water partition coefficient (Wildman–Crippen LogP) is 6.69. The fraction of sp³-hybridized carbons (Fsp3) is 0.267. The van der Waals surface area contributed by atoms with Crippen molar-refractivity contribution in [3.8, 4) is 11.5 Å². The molecule has 4 aromatic rings. The van der Waals surface area contributed by atoms with Crippen LogP contribution in [0.4, 0.5) is 0 Å². The summed E-state index contributed by atoms with van der Waals surface area (Å²) in [6, 6.07) is 17.8. The predicted molar refractivity (Wildman–Crippen MR) is 144 cm³/mol. The molecule has 1 aliphatic rings. The molecule has 37 heavy (non-hydrogen) atoms. The molecule has 6 nitrogen and oxygen atoms in total. The maximum absolute atomic E-state index is 13.8. The first-order valence-corrected chi connectivity index (χ1v) is 12.7. The standard InChI is InChI=1S/C30H28ClNO5/c1-4-5-14-36-22-12-8-20(9-13-22)27-26-28(33)23-16-24(31)18(2)15-25(23)37-29(26)30(34)32(27)17-19-6-10-21(35-3)11-7-19/h6-13,15-16,27H,4-5,14,17H2,1-3H3. The number of carbonyl (C=O) groups excluding carboxylic acids is 1. The molecule has 0 saturated carbocycles. The minimum atomic E-state index is -0.616. The van der Waals surface area contributed by atoms with Crippen LogP contribution in [0.15, 0.2) is 69.9 Å². The maximum atomic E-state index is 13.8. The second-order valence-corrected chi connectivity index (χ2v) is 9.63. The van der Waals surface area contributed by atoms with Crippen molar-refractivity contribution >= 4 is 28.5 Å². The van der Waals surface area contributed by atoms with Gasteiger partial charge in [0.05, 0.1) is 30.7 Å². The van der Waals surface area contributed by atoms with Gasteiger partial charge in [0, 0.05) is 11.6 Å². The Labute approximate surface area is 220 Å². The Morgan fingerprint density at radius 2 is 1.70 bits per heavy atom. The Hall–Kier alpha value is -3.77. The second kappa shape index (κ2) is 10.3. The van der Waals surface area contributed by atoms with Gasteiger partial charge in [0.15, 0.2) is 5.43 Å². The summed E-state index contributed by atoms with van der Waals surface area (Å²) >= 11 is 6.34. The topological polar surface area (TPSA) is 69.0 Å². The number of aryl methyl sites for hydroxylation is 1. The lowest BCUT2D eigenvalue weighted by Crippen LogP contribution is -2.29. The Balaban J connectivity index is 1.61. The first-order chi connectivity index (χ1) is 17.9. The van der Waals surface area contributed by atoms with E-state index < -0.39 is 6.04 Å². The molecule has 1 atom stereocenters. The van der Waals surface area contributed by atoms with E-state index in [0.29, 0.717) is 34.7 Å². The molecule has 0 fully saturated rings. The molecule has 0 aliphatic carbocycles. The van der Waals surface area contributed by atoms with E-state index in [-0.39, 0.29) is 17.1 Å². The summed E-state index contributed by atoms with van der Waals surface area (Å²) < 4.78 is 17.2. The maximum Gasteiger partial charge on any atom is 0.291 e. The third kappa shape index (κ3) is 4.69. The Kier molecular flexibility index (Phi) is 6.94. The highest BCUT2D eigenvalue weighted by Gasteiger charge is 2.42. The lowest BCUT2D eigenvalue weighted by atomic mass is 9.98. The third-order valence-corrected chi connectivity index (χ3v) is 7.13. The van der Waals surface area contributed by atoms with Gasteiger partial charge in [-0.2, -0.15) is 0 Å². The molecule has 190 valence electrons. The van der Waals surface area contributed by atoms with Crippen LogP contribution >= 0.6 is 11.6 Å². The van der Waals surface area contributed by atoms with Crippen molar-refractivity contribution in [2.24, 2.45) is 0 Å². The average Bonchev–Trinajstić information content (AvgIpc) is 3.18. The number of benzene rings is 3. The van der Waals surface area contributed by atoms with Crippen LogP contribution in [0.25, 0.3) is 11.0 Å². The molecular weight excluding hydrogens is 490 g/mol. The fourth-order valence-electron chi connectivity index (χ4n) is 4.66. The summed E-state index contributed by atoms with van der Waals surface area (Å²) in [6.45, 7) is 4.88. The van der Waals surface area contributed by atoms with Gasteiger partial charge in [-0.1, -0.05) is 49.2 Å². The molecule has 0 bridgehead atoms. The quantitative estimate of drug-likeness (QED) is 0.244. The van der Waals surface area contributed by atoms with E-state index in [2.05, 4.69) is 6.92 Å². The molecule has 1 aliphatic heterocycles. The van der Waals surface area contributed by atoms with E-state index in [9.17, 15) is 9.59 Å². The number of hydrogen-bond acceptors (Lipinski definition) is 5. The van der Waals surface area contributed by atoms with Gasteiger partial charge in [-0.15, -0.1) is 0 Å². The van der Waals surface area contributed by atoms with Crippen LogP contribution < -0.4 is 14.9 Å². The van der Waals surface area contributed by atoms with Gasteiger partial charge < -0.3 is 18.8 Å². The van der Waals surface area contributed by atoms with E-state index in [1.54, 1.807) is 24.1 Å². The zero-order chi connectivity index (χ0) is 26.1. The third-order valence-electron chi connectivity index (χ3n) is 6.72. The Bertz CT molecular complexity index is 1510. The van der Waals surface area contributed by atoms with E-state index in [1.165, 1.54) is 0 Å². The highest BCUT2D eigenvalue weighted by atomic mass is 35.5. The summed E-state index contributed by atoms with van der Waals surface area (Å²) in [5.74, 6) is 1.22. The molecule has 0 N–H and O–H groups in total. The summed E-state index contributed by atoms with van der Waals surface area (Å²) in [7, 11) is 1.61. The van der Waals surface area contributed by atoms with E-state index >= 15 is 0 Å². The number of fused-ring (bicyclic) bond motifs is 2. The second-order valence-electron chi connectivity index (χ2n) is 9.23. The van der Waals surface area contributed by atoms with Gasteiger partial charge in [-0.25, -0.2) is 0 Å². The first kappa shape index (κ1) is 24.9. The molecule has 5 rings (SSSR count). The van der Waals surface area contributed by atoms with E-state index in [0.717, 1.165) is 41.0 Å². The van der Waals surface area contributed by atoms with Crippen molar-refractivity contribution in [3.05, 3.63) is 104 Å². The van der Waals surface area contributed by atoms with E-state index in [4.69, 9.17) is 25.5 Å². The largest absolute Gasteiger partial charge is 0.497 e. The molecule has 2 heterocycles. The first-order valence-electron chi connectivity index (χ1n) is 12.3. The number of nitrogens with zero attached hydrogens (tertiary/aromatic N) is 1. The van der Waals surface area contributed by atoms with Crippen molar-refractivity contribution < 1.29 is 18.7 Å². The summed E-state index contributed by atoms with van der Waals surface area (Å²) in [4.78, 5) is 29.2. The molecule has 3 aromatic carbocycles. The van der Waals surface area contributed by atoms with Crippen LogP contribution in [0.2, 0.25) is 5.02 Å². The lowest BCUT2D eigenvalue weighted by molar-refractivity contribution is 0.0714. The highest BCUT2D eigenvalue weighted by Crippen LogP contribution is 2.40. The van der Waals surface area contributed by atoms with Gasteiger partial charge in [0.25, 0.3) is 5.91 Å². The minimum absolute atomic E-state index is 0.0704. The number of methoxy groups -OCH3 is 1.